The summed E-state index contributed by atoms with van der Waals surface area (Å²) in [6, 6.07) is 11.0. The Morgan fingerprint density at radius 2 is 1.81 bits per heavy atom. The smallest absolute Gasteiger partial charge is 0.234 e. The maximum Gasteiger partial charge on any atom is 0.234 e. The molecule has 112 valence electrons. The van der Waals surface area contributed by atoms with Gasteiger partial charge in [-0.15, -0.1) is 0 Å². The van der Waals surface area contributed by atoms with Crippen LogP contribution in [0.4, 0.5) is 0 Å². The van der Waals surface area contributed by atoms with Crippen LogP contribution in [0, 0.1) is 11.8 Å². The summed E-state index contributed by atoms with van der Waals surface area (Å²) in [5.74, 6) is 1.55. The summed E-state index contributed by atoms with van der Waals surface area (Å²) in [7, 11) is 0. The van der Waals surface area contributed by atoms with E-state index in [0.29, 0.717) is 0 Å². The summed E-state index contributed by atoms with van der Waals surface area (Å²) < 4.78 is 0. The molecule has 3 heteroatoms. The lowest BCUT2D eigenvalue weighted by atomic mass is 9.45. The molecule has 0 aliphatic heterocycles. The van der Waals surface area contributed by atoms with Crippen LogP contribution >= 0.6 is 0 Å². The van der Waals surface area contributed by atoms with Crippen LogP contribution in [0.3, 0.4) is 0 Å². The lowest BCUT2D eigenvalue weighted by Gasteiger charge is -2.62. The van der Waals surface area contributed by atoms with E-state index in [9.17, 15) is 4.79 Å². The molecule has 0 radical (unpaired) electrons. The normalized spacial score (nSPS) is 40.2. The number of nitrogens with one attached hydrogen (secondary N) is 1. The number of carbonyl (C=O) groups is 1. The molecular weight excluding hydrogens is 260 g/mol. The molecule has 1 aromatic rings. The first-order chi connectivity index (χ1) is 10.1. The Morgan fingerprint density at radius 3 is 2.43 bits per heavy atom. The number of carbonyl (C=O) groups excluding carboxylic acids is 1. The van der Waals surface area contributed by atoms with Gasteiger partial charge in [-0.2, -0.15) is 0 Å². The summed E-state index contributed by atoms with van der Waals surface area (Å²) in [6.45, 7) is 0.107. The Kier molecular flexibility index (Phi) is 2.90. The Balaban J connectivity index is 1.70. The second-order valence-electron chi connectivity index (χ2n) is 7.64. The molecule has 21 heavy (non-hydrogen) atoms. The van der Waals surface area contributed by atoms with E-state index in [-0.39, 0.29) is 23.4 Å². The Morgan fingerprint density at radius 1 is 1.14 bits per heavy atom. The third kappa shape index (κ3) is 2.10. The molecule has 4 aliphatic rings. The van der Waals surface area contributed by atoms with Gasteiger partial charge in [0, 0.05) is 5.54 Å². The average molecular weight is 284 g/mol. The van der Waals surface area contributed by atoms with E-state index in [1.54, 1.807) is 0 Å². The Hall–Kier alpha value is -1.35. The second kappa shape index (κ2) is 4.57. The van der Waals surface area contributed by atoms with Gasteiger partial charge in [-0.25, -0.2) is 0 Å². The lowest BCUT2D eigenvalue weighted by Crippen LogP contribution is -2.64. The van der Waals surface area contributed by atoms with E-state index in [2.05, 4.69) is 35.6 Å². The fourth-order valence-electron chi connectivity index (χ4n) is 5.89. The van der Waals surface area contributed by atoms with Crippen molar-refractivity contribution in [3.8, 4) is 0 Å². The molecule has 4 aliphatic carbocycles. The highest BCUT2D eigenvalue weighted by Crippen LogP contribution is 2.62. The highest BCUT2D eigenvalue weighted by Gasteiger charge is 2.58. The standard InChI is InChI=1S/C18H24N2O/c19-11-16(21)20-18-9-13-6-14(10-18)8-17(7-13,12-18)15-4-2-1-3-5-15/h1-5,13-14H,6-12,19H2,(H,20,21). The fraction of sp³-hybridized carbons (Fsp3) is 0.611. The summed E-state index contributed by atoms with van der Waals surface area (Å²) in [4.78, 5) is 11.9. The number of amides is 1. The molecule has 1 amide bonds. The number of nitrogens with two attached hydrogens (primary N) is 1. The van der Waals surface area contributed by atoms with Gasteiger partial charge in [-0.3, -0.25) is 4.79 Å². The third-order valence-electron chi connectivity index (χ3n) is 6.04. The minimum absolute atomic E-state index is 0.0103. The van der Waals surface area contributed by atoms with E-state index in [0.717, 1.165) is 31.1 Å². The van der Waals surface area contributed by atoms with Crippen molar-refractivity contribution in [2.45, 2.75) is 49.5 Å². The van der Waals surface area contributed by atoms with Gasteiger partial charge in [-0.05, 0) is 61.3 Å². The zero-order valence-corrected chi connectivity index (χ0v) is 12.5. The molecule has 0 saturated heterocycles. The maximum atomic E-state index is 11.9. The van der Waals surface area contributed by atoms with Crippen LogP contribution in [-0.2, 0) is 10.2 Å². The molecule has 0 heterocycles. The second-order valence-corrected chi connectivity index (χ2v) is 7.64. The molecule has 4 bridgehead atoms. The molecule has 3 nitrogen and oxygen atoms in total. The van der Waals surface area contributed by atoms with Crippen LogP contribution in [0.1, 0.15) is 44.1 Å². The van der Waals surface area contributed by atoms with Crippen molar-refractivity contribution >= 4 is 5.91 Å². The molecule has 3 N–H and O–H groups in total. The maximum absolute atomic E-state index is 11.9. The molecule has 0 spiro atoms. The number of benzene rings is 1. The molecule has 0 aromatic heterocycles. The highest BCUT2D eigenvalue weighted by molar-refractivity contribution is 5.78. The molecule has 2 atom stereocenters. The van der Waals surface area contributed by atoms with E-state index in [1.165, 1.54) is 24.8 Å². The third-order valence-corrected chi connectivity index (χ3v) is 6.04. The zero-order chi connectivity index (χ0) is 14.5. The molecule has 4 fully saturated rings. The van der Waals surface area contributed by atoms with Crippen molar-refractivity contribution in [2.75, 3.05) is 6.54 Å². The van der Waals surface area contributed by atoms with Crippen LogP contribution < -0.4 is 11.1 Å². The van der Waals surface area contributed by atoms with E-state index in [4.69, 9.17) is 5.73 Å². The first-order valence-corrected chi connectivity index (χ1v) is 8.20. The van der Waals surface area contributed by atoms with Crippen LogP contribution in [-0.4, -0.2) is 18.0 Å². The Bertz CT molecular complexity index is 540. The topological polar surface area (TPSA) is 55.1 Å². The first kappa shape index (κ1) is 13.3. The summed E-state index contributed by atoms with van der Waals surface area (Å²) in [5, 5.41) is 3.30. The quantitative estimate of drug-likeness (QED) is 0.895. The van der Waals surface area contributed by atoms with Gasteiger partial charge in [0.05, 0.1) is 6.54 Å². The van der Waals surface area contributed by atoms with Crippen LogP contribution in [0.15, 0.2) is 30.3 Å². The summed E-state index contributed by atoms with van der Waals surface area (Å²) in [5.41, 5.74) is 7.31. The molecule has 1 aromatic carbocycles. The van der Waals surface area contributed by atoms with Crippen molar-refractivity contribution < 1.29 is 4.79 Å². The van der Waals surface area contributed by atoms with Crippen molar-refractivity contribution in [1.29, 1.82) is 0 Å². The van der Waals surface area contributed by atoms with Crippen molar-refractivity contribution in [1.82, 2.24) is 5.32 Å². The number of rotatable bonds is 3. The van der Waals surface area contributed by atoms with E-state index >= 15 is 0 Å². The number of hydrogen-bond acceptors (Lipinski definition) is 2. The van der Waals surface area contributed by atoms with Crippen LogP contribution in [0.25, 0.3) is 0 Å². The summed E-state index contributed by atoms with van der Waals surface area (Å²) >= 11 is 0. The van der Waals surface area contributed by atoms with E-state index < -0.39 is 0 Å². The Labute approximate surface area is 126 Å². The largest absolute Gasteiger partial charge is 0.350 e. The fourth-order valence-corrected chi connectivity index (χ4v) is 5.89. The average Bonchev–Trinajstić information content (AvgIpc) is 2.46. The van der Waals surface area contributed by atoms with Crippen molar-refractivity contribution in [3.05, 3.63) is 35.9 Å². The van der Waals surface area contributed by atoms with Crippen molar-refractivity contribution in [2.24, 2.45) is 17.6 Å². The highest BCUT2D eigenvalue weighted by atomic mass is 16.2. The SMILES string of the molecule is NCC(=O)NC12CC3CC(C1)CC(c1ccccc1)(C3)C2. The summed E-state index contributed by atoms with van der Waals surface area (Å²) in [6.07, 6.45) is 7.37. The molecule has 4 saturated carbocycles. The molecule has 5 rings (SSSR count). The van der Waals surface area contributed by atoms with Gasteiger partial charge in [0.1, 0.15) is 0 Å². The predicted octanol–water partition coefficient (Wildman–Crippen LogP) is 2.35. The minimum Gasteiger partial charge on any atom is -0.350 e. The van der Waals surface area contributed by atoms with Gasteiger partial charge in [0.25, 0.3) is 0 Å². The zero-order valence-electron chi connectivity index (χ0n) is 12.5. The van der Waals surface area contributed by atoms with Crippen molar-refractivity contribution in [3.63, 3.8) is 0 Å². The van der Waals surface area contributed by atoms with Gasteiger partial charge in [-0.1, -0.05) is 30.3 Å². The van der Waals surface area contributed by atoms with E-state index in [1.807, 2.05) is 0 Å². The van der Waals surface area contributed by atoms with Crippen LogP contribution in [0.2, 0.25) is 0 Å². The van der Waals surface area contributed by atoms with Crippen LogP contribution in [0.5, 0.6) is 0 Å². The monoisotopic (exact) mass is 284 g/mol. The number of hydrogen-bond donors (Lipinski definition) is 2. The van der Waals surface area contributed by atoms with Gasteiger partial charge in [0.15, 0.2) is 0 Å². The van der Waals surface area contributed by atoms with Gasteiger partial charge >= 0.3 is 0 Å². The molecule has 2 unspecified atom stereocenters. The first-order valence-electron chi connectivity index (χ1n) is 8.20. The lowest BCUT2D eigenvalue weighted by molar-refractivity contribution is -0.126. The minimum atomic E-state index is 0.0103. The predicted molar refractivity (Wildman–Crippen MR) is 82.7 cm³/mol. The van der Waals surface area contributed by atoms with Gasteiger partial charge in [0.2, 0.25) is 5.91 Å². The van der Waals surface area contributed by atoms with Gasteiger partial charge < -0.3 is 11.1 Å². The molecular formula is C18H24N2O.